The lowest BCUT2D eigenvalue weighted by atomic mass is 10.3. The van der Waals surface area contributed by atoms with Gasteiger partial charge in [0.05, 0.1) is 0 Å². The molecular formula is C11H6F3NO3. The van der Waals surface area contributed by atoms with Crippen LogP contribution in [0.5, 0.6) is 0 Å². The van der Waals surface area contributed by atoms with Crippen molar-refractivity contribution in [3.8, 4) is 0 Å². The van der Waals surface area contributed by atoms with Gasteiger partial charge >= 0.3 is 5.97 Å². The molecule has 0 aliphatic rings. The first-order valence-corrected chi connectivity index (χ1v) is 4.72. The van der Waals surface area contributed by atoms with Crippen LogP contribution in [0.1, 0.15) is 10.6 Å². The number of benzene rings is 1. The molecule has 18 heavy (non-hydrogen) atoms. The Kier molecular flexibility index (Phi) is 2.97. The van der Waals surface area contributed by atoms with Crippen LogP contribution in [0.2, 0.25) is 0 Å². The lowest BCUT2D eigenvalue weighted by Crippen LogP contribution is -1.96. The Morgan fingerprint density at radius 3 is 2.28 bits per heavy atom. The number of anilines is 2. The molecule has 2 rings (SSSR count). The second-order valence-corrected chi connectivity index (χ2v) is 3.35. The highest BCUT2D eigenvalue weighted by atomic mass is 19.2. The zero-order valence-electron chi connectivity index (χ0n) is 8.71. The van der Waals surface area contributed by atoms with Crippen molar-refractivity contribution in [2.75, 3.05) is 5.32 Å². The van der Waals surface area contributed by atoms with E-state index in [0.29, 0.717) is 0 Å². The Labute approximate surface area is 98.6 Å². The van der Waals surface area contributed by atoms with Gasteiger partial charge in [-0.2, -0.15) is 0 Å². The number of nitrogens with one attached hydrogen (secondary N) is 1. The van der Waals surface area contributed by atoms with Crippen molar-refractivity contribution < 1.29 is 27.5 Å². The third-order valence-electron chi connectivity index (χ3n) is 2.07. The molecule has 0 bridgehead atoms. The van der Waals surface area contributed by atoms with Crippen LogP contribution in [0.4, 0.5) is 24.7 Å². The van der Waals surface area contributed by atoms with E-state index in [-0.39, 0.29) is 17.3 Å². The van der Waals surface area contributed by atoms with Crippen LogP contribution >= 0.6 is 0 Å². The normalized spacial score (nSPS) is 10.4. The number of carboxylic acid groups (broad SMARTS) is 1. The Morgan fingerprint density at radius 1 is 1.17 bits per heavy atom. The van der Waals surface area contributed by atoms with Crippen LogP contribution < -0.4 is 5.32 Å². The summed E-state index contributed by atoms with van der Waals surface area (Å²) in [5, 5.41) is 11.0. The summed E-state index contributed by atoms with van der Waals surface area (Å²) in [5.74, 6) is -5.94. The van der Waals surface area contributed by atoms with Gasteiger partial charge in [0.1, 0.15) is 0 Å². The van der Waals surface area contributed by atoms with Crippen LogP contribution in [0.3, 0.4) is 0 Å². The van der Waals surface area contributed by atoms with Gasteiger partial charge in [-0.05, 0) is 6.07 Å². The highest BCUT2D eigenvalue weighted by Gasteiger charge is 2.13. The molecule has 0 aliphatic heterocycles. The van der Waals surface area contributed by atoms with E-state index in [2.05, 4.69) is 5.32 Å². The minimum atomic E-state index is -1.58. The van der Waals surface area contributed by atoms with E-state index < -0.39 is 23.4 Å². The molecule has 0 unspecified atom stereocenters. The number of carboxylic acids is 1. The predicted octanol–water partition coefficient (Wildman–Crippen LogP) is 3.14. The van der Waals surface area contributed by atoms with E-state index in [1.165, 1.54) is 12.1 Å². The minimum absolute atomic E-state index is 0.0298. The van der Waals surface area contributed by atoms with Crippen LogP contribution in [0.15, 0.2) is 28.7 Å². The second-order valence-electron chi connectivity index (χ2n) is 3.35. The van der Waals surface area contributed by atoms with Crippen LogP contribution in [0.25, 0.3) is 0 Å². The fourth-order valence-electron chi connectivity index (χ4n) is 1.29. The number of hydrogen-bond donors (Lipinski definition) is 2. The van der Waals surface area contributed by atoms with Crippen molar-refractivity contribution in [1.82, 2.24) is 0 Å². The third-order valence-corrected chi connectivity index (χ3v) is 2.07. The lowest BCUT2D eigenvalue weighted by Gasteiger charge is -2.04. The van der Waals surface area contributed by atoms with Gasteiger partial charge in [0, 0.05) is 23.9 Å². The molecule has 1 aromatic carbocycles. The molecule has 0 radical (unpaired) electrons. The van der Waals surface area contributed by atoms with E-state index in [1.54, 1.807) is 0 Å². The molecule has 0 atom stereocenters. The topological polar surface area (TPSA) is 62.5 Å². The highest BCUT2D eigenvalue weighted by molar-refractivity contribution is 5.85. The molecule has 2 N–H and O–H groups in total. The summed E-state index contributed by atoms with van der Waals surface area (Å²) in [6.07, 6.45) is 0. The van der Waals surface area contributed by atoms with Gasteiger partial charge in [-0.25, -0.2) is 18.0 Å². The first kappa shape index (κ1) is 12.0. The smallest absolute Gasteiger partial charge is 0.371 e. The number of furan rings is 1. The van der Waals surface area contributed by atoms with Crippen LogP contribution in [0, 0.1) is 17.5 Å². The van der Waals surface area contributed by atoms with Gasteiger partial charge in [0.2, 0.25) is 5.76 Å². The van der Waals surface area contributed by atoms with E-state index in [9.17, 15) is 18.0 Å². The van der Waals surface area contributed by atoms with Crippen molar-refractivity contribution in [2.45, 2.75) is 0 Å². The molecule has 0 amide bonds. The van der Waals surface area contributed by atoms with E-state index in [0.717, 1.165) is 12.1 Å². The monoisotopic (exact) mass is 257 g/mol. The zero-order valence-corrected chi connectivity index (χ0v) is 8.71. The fraction of sp³-hybridized carbons (Fsp3) is 0. The number of aromatic carboxylic acids is 1. The SMILES string of the molecule is O=C(O)c1ccc(Nc2cc(F)c(F)c(F)c2)o1. The Balaban J connectivity index is 2.25. The van der Waals surface area contributed by atoms with Crippen LogP contribution in [-0.4, -0.2) is 11.1 Å². The Morgan fingerprint density at radius 2 is 1.78 bits per heavy atom. The zero-order chi connectivity index (χ0) is 13.3. The summed E-state index contributed by atoms with van der Waals surface area (Å²) in [5.41, 5.74) is -0.0994. The van der Waals surface area contributed by atoms with Gasteiger partial charge in [0.25, 0.3) is 0 Å². The Hall–Kier alpha value is -2.44. The molecule has 7 heteroatoms. The van der Waals surface area contributed by atoms with Crippen LogP contribution in [-0.2, 0) is 0 Å². The third kappa shape index (κ3) is 2.29. The molecule has 0 fully saturated rings. The maximum Gasteiger partial charge on any atom is 0.371 e. The van der Waals surface area contributed by atoms with Crippen molar-refractivity contribution in [3.05, 3.63) is 47.5 Å². The maximum atomic E-state index is 12.9. The van der Waals surface area contributed by atoms with E-state index >= 15 is 0 Å². The molecule has 0 saturated carbocycles. The standard InChI is InChI=1S/C11H6F3NO3/c12-6-3-5(4-7(13)10(6)14)15-9-2-1-8(18-9)11(16)17/h1-4,15H,(H,16,17). The first-order valence-electron chi connectivity index (χ1n) is 4.72. The van der Waals surface area contributed by atoms with Crippen molar-refractivity contribution >= 4 is 17.5 Å². The number of rotatable bonds is 3. The molecule has 1 heterocycles. The van der Waals surface area contributed by atoms with E-state index in [1.807, 2.05) is 0 Å². The summed E-state index contributed by atoms with van der Waals surface area (Å²) < 4.78 is 43.3. The predicted molar refractivity (Wildman–Crippen MR) is 55.3 cm³/mol. The molecular weight excluding hydrogens is 251 g/mol. The molecule has 0 aliphatic carbocycles. The minimum Gasteiger partial charge on any atom is -0.475 e. The van der Waals surface area contributed by atoms with Crippen molar-refractivity contribution in [1.29, 1.82) is 0 Å². The average molecular weight is 257 g/mol. The summed E-state index contributed by atoms with van der Waals surface area (Å²) in [6, 6.07) is 3.88. The quantitative estimate of drug-likeness (QED) is 0.829. The molecule has 2 aromatic rings. The van der Waals surface area contributed by atoms with Gasteiger partial charge in [-0.1, -0.05) is 0 Å². The summed E-state index contributed by atoms with van der Waals surface area (Å²) in [4.78, 5) is 10.5. The van der Waals surface area contributed by atoms with E-state index in [4.69, 9.17) is 9.52 Å². The second kappa shape index (κ2) is 4.44. The van der Waals surface area contributed by atoms with Crippen molar-refractivity contribution in [3.63, 3.8) is 0 Å². The van der Waals surface area contributed by atoms with Crippen molar-refractivity contribution in [2.24, 2.45) is 0 Å². The molecule has 4 nitrogen and oxygen atoms in total. The van der Waals surface area contributed by atoms with Gasteiger partial charge in [0.15, 0.2) is 23.3 Å². The average Bonchev–Trinajstić information content (AvgIpc) is 2.74. The number of carbonyl (C=O) groups is 1. The largest absolute Gasteiger partial charge is 0.475 e. The lowest BCUT2D eigenvalue weighted by molar-refractivity contribution is 0.0663. The molecule has 0 saturated heterocycles. The number of hydrogen-bond acceptors (Lipinski definition) is 3. The van der Waals surface area contributed by atoms with Gasteiger partial charge < -0.3 is 14.8 Å². The molecule has 1 aromatic heterocycles. The first-order chi connectivity index (χ1) is 8.47. The van der Waals surface area contributed by atoms with Gasteiger partial charge in [-0.3, -0.25) is 0 Å². The highest BCUT2D eigenvalue weighted by Crippen LogP contribution is 2.22. The Bertz CT molecular complexity index is 586. The summed E-state index contributed by atoms with van der Waals surface area (Å²) in [7, 11) is 0. The fourth-order valence-corrected chi connectivity index (χ4v) is 1.29. The number of halogens is 3. The summed E-state index contributed by atoms with van der Waals surface area (Å²) in [6.45, 7) is 0. The van der Waals surface area contributed by atoms with Gasteiger partial charge in [-0.15, -0.1) is 0 Å². The summed E-state index contributed by atoms with van der Waals surface area (Å²) >= 11 is 0. The molecule has 0 spiro atoms. The maximum absolute atomic E-state index is 12.9. The molecule has 94 valence electrons.